The van der Waals surface area contributed by atoms with Crippen LogP contribution in [0.4, 0.5) is 0 Å². The van der Waals surface area contributed by atoms with Crippen LogP contribution in [0.3, 0.4) is 0 Å². The van der Waals surface area contributed by atoms with Crippen LogP contribution in [-0.4, -0.2) is 47.3 Å². The summed E-state index contributed by atoms with van der Waals surface area (Å²) in [6.07, 6.45) is 0.691. The van der Waals surface area contributed by atoms with Gasteiger partial charge in [-0.3, -0.25) is 4.79 Å². The Labute approximate surface area is 133 Å². The number of benzene rings is 1. The van der Waals surface area contributed by atoms with E-state index in [-0.39, 0.29) is 11.7 Å². The van der Waals surface area contributed by atoms with Gasteiger partial charge in [0.25, 0.3) is 0 Å². The van der Waals surface area contributed by atoms with Crippen LogP contribution in [0.25, 0.3) is 0 Å². The van der Waals surface area contributed by atoms with E-state index in [0.717, 1.165) is 11.4 Å². The Morgan fingerprint density at radius 2 is 2.00 bits per heavy atom. The molecule has 0 N–H and O–H groups in total. The SMILES string of the molecule is COCCn1c(Cc2ccccc2)nnc1SCC(=O)OC. The monoisotopic (exact) mass is 321 g/mol. The van der Waals surface area contributed by atoms with Crippen molar-refractivity contribution in [1.82, 2.24) is 14.8 Å². The van der Waals surface area contributed by atoms with E-state index < -0.39 is 0 Å². The fourth-order valence-corrected chi connectivity index (χ4v) is 2.74. The van der Waals surface area contributed by atoms with Gasteiger partial charge in [-0.1, -0.05) is 42.1 Å². The van der Waals surface area contributed by atoms with E-state index in [1.807, 2.05) is 22.8 Å². The highest BCUT2D eigenvalue weighted by molar-refractivity contribution is 7.99. The van der Waals surface area contributed by atoms with Crippen molar-refractivity contribution in [3.63, 3.8) is 0 Å². The number of methoxy groups -OCH3 is 2. The average molecular weight is 321 g/mol. The zero-order chi connectivity index (χ0) is 15.8. The number of hydrogen-bond acceptors (Lipinski definition) is 6. The van der Waals surface area contributed by atoms with Crippen LogP contribution in [0, 0.1) is 0 Å². The normalized spacial score (nSPS) is 10.6. The van der Waals surface area contributed by atoms with Gasteiger partial charge in [-0.15, -0.1) is 10.2 Å². The molecule has 118 valence electrons. The number of carbonyl (C=O) groups is 1. The van der Waals surface area contributed by atoms with Gasteiger partial charge in [0.05, 0.1) is 19.5 Å². The van der Waals surface area contributed by atoms with E-state index in [9.17, 15) is 4.79 Å². The summed E-state index contributed by atoms with van der Waals surface area (Å²) in [6.45, 7) is 1.21. The lowest BCUT2D eigenvalue weighted by Crippen LogP contribution is -2.11. The number of aromatic nitrogens is 3. The van der Waals surface area contributed by atoms with Crippen LogP contribution >= 0.6 is 11.8 Å². The Bertz CT molecular complexity index is 601. The predicted molar refractivity (Wildman–Crippen MR) is 83.9 cm³/mol. The lowest BCUT2D eigenvalue weighted by Gasteiger charge is -2.09. The van der Waals surface area contributed by atoms with Gasteiger partial charge in [-0.05, 0) is 5.56 Å². The van der Waals surface area contributed by atoms with E-state index >= 15 is 0 Å². The van der Waals surface area contributed by atoms with Crippen LogP contribution in [0.15, 0.2) is 35.5 Å². The number of esters is 1. The first-order valence-corrected chi connectivity index (χ1v) is 7.87. The summed E-state index contributed by atoms with van der Waals surface area (Å²) in [7, 11) is 3.03. The van der Waals surface area contributed by atoms with E-state index in [2.05, 4.69) is 27.1 Å². The summed E-state index contributed by atoms with van der Waals surface area (Å²) >= 11 is 1.32. The second-order valence-corrected chi connectivity index (χ2v) is 5.51. The molecule has 0 fully saturated rings. The molecule has 7 heteroatoms. The molecule has 0 unspecified atom stereocenters. The maximum absolute atomic E-state index is 11.3. The molecule has 2 aromatic rings. The third-order valence-corrected chi connectivity index (χ3v) is 4.00. The van der Waals surface area contributed by atoms with Crippen LogP contribution in [0.5, 0.6) is 0 Å². The van der Waals surface area contributed by atoms with Gasteiger partial charge in [0, 0.05) is 20.1 Å². The Morgan fingerprint density at radius 3 is 2.68 bits per heavy atom. The number of thioether (sulfide) groups is 1. The third-order valence-electron chi connectivity index (χ3n) is 3.06. The maximum Gasteiger partial charge on any atom is 0.316 e. The van der Waals surface area contributed by atoms with E-state index in [1.165, 1.54) is 18.9 Å². The number of rotatable bonds is 8. The van der Waals surface area contributed by atoms with Gasteiger partial charge in [0.15, 0.2) is 5.16 Å². The number of hydrogen-bond donors (Lipinski definition) is 0. The highest BCUT2D eigenvalue weighted by atomic mass is 32.2. The molecule has 0 saturated heterocycles. The molecular weight excluding hydrogens is 302 g/mol. The van der Waals surface area contributed by atoms with Crippen molar-refractivity contribution in [2.45, 2.75) is 18.1 Å². The molecule has 2 rings (SSSR count). The fourth-order valence-electron chi connectivity index (χ4n) is 1.92. The van der Waals surface area contributed by atoms with Gasteiger partial charge in [-0.2, -0.15) is 0 Å². The number of nitrogens with zero attached hydrogens (tertiary/aromatic N) is 3. The first-order valence-electron chi connectivity index (χ1n) is 6.89. The maximum atomic E-state index is 11.3. The van der Waals surface area contributed by atoms with Crippen molar-refractivity contribution in [2.75, 3.05) is 26.6 Å². The van der Waals surface area contributed by atoms with Crippen LogP contribution < -0.4 is 0 Å². The van der Waals surface area contributed by atoms with Gasteiger partial charge < -0.3 is 14.0 Å². The molecule has 0 aliphatic heterocycles. The molecule has 0 aliphatic rings. The minimum absolute atomic E-state index is 0.215. The largest absolute Gasteiger partial charge is 0.468 e. The fraction of sp³-hybridized carbons (Fsp3) is 0.400. The zero-order valence-electron chi connectivity index (χ0n) is 12.7. The highest BCUT2D eigenvalue weighted by Crippen LogP contribution is 2.19. The summed E-state index contributed by atoms with van der Waals surface area (Å²) in [5, 5.41) is 9.14. The molecule has 0 amide bonds. The molecule has 1 heterocycles. The molecule has 6 nitrogen and oxygen atoms in total. The quantitative estimate of drug-likeness (QED) is 0.545. The highest BCUT2D eigenvalue weighted by Gasteiger charge is 2.14. The van der Waals surface area contributed by atoms with Gasteiger partial charge in [-0.25, -0.2) is 0 Å². The molecule has 1 aromatic carbocycles. The smallest absolute Gasteiger partial charge is 0.316 e. The summed E-state index contributed by atoms with van der Waals surface area (Å²) in [5.41, 5.74) is 1.16. The molecule has 1 aromatic heterocycles. The molecule has 22 heavy (non-hydrogen) atoms. The molecular formula is C15H19N3O3S. The topological polar surface area (TPSA) is 66.2 Å². The van der Waals surface area contributed by atoms with Crippen molar-refractivity contribution >= 4 is 17.7 Å². The van der Waals surface area contributed by atoms with E-state index in [0.29, 0.717) is 24.7 Å². The predicted octanol–water partition coefficient (Wildman–Crippen LogP) is 1.78. The first-order chi connectivity index (χ1) is 10.7. The van der Waals surface area contributed by atoms with Crippen LogP contribution in [0.2, 0.25) is 0 Å². The zero-order valence-corrected chi connectivity index (χ0v) is 13.5. The average Bonchev–Trinajstić information content (AvgIpc) is 2.93. The number of ether oxygens (including phenoxy) is 2. The molecule has 0 saturated carbocycles. The van der Waals surface area contributed by atoms with Gasteiger partial charge >= 0.3 is 5.97 Å². The van der Waals surface area contributed by atoms with Crippen molar-refractivity contribution in [2.24, 2.45) is 0 Å². The third kappa shape index (κ3) is 4.57. The van der Waals surface area contributed by atoms with Crippen molar-refractivity contribution in [3.05, 3.63) is 41.7 Å². The second-order valence-electron chi connectivity index (χ2n) is 4.57. The van der Waals surface area contributed by atoms with Crippen molar-refractivity contribution in [1.29, 1.82) is 0 Å². The molecule has 0 aliphatic carbocycles. The van der Waals surface area contributed by atoms with Crippen LogP contribution in [0.1, 0.15) is 11.4 Å². The Morgan fingerprint density at radius 1 is 1.23 bits per heavy atom. The number of carbonyl (C=O) groups excluding carboxylic acids is 1. The van der Waals surface area contributed by atoms with Gasteiger partial charge in [0.2, 0.25) is 0 Å². The van der Waals surface area contributed by atoms with Crippen molar-refractivity contribution in [3.8, 4) is 0 Å². The summed E-state index contributed by atoms with van der Waals surface area (Å²) in [6, 6.07) is 10.1. The Balaban J connectivity index is 2.14. The van der Waals surface area contributed by atoms with Crippen molar-refractivity contribution < 1.29 is 14.3 Å². The Hall–Kier alpha value is -1.86. The summed E-state index contributed by atoms with van der Waals surface area (Å²) in [5.74, 6) is 0.791. The lowest BCUT2D eigenvalue weighted by molar-refractivity contribution is -0.137. The summed E-state index contributed by atoms with van der Waals surface area (Å²) < 4.78 is 11.8. The van der Waals surface area contributed by atoms with E-state index in [4.69, 9.17) is 4.74 Å². The second kappa shape index (κ2) is 8.55. The minimum atomic E-state index is -0.282. The molecule has 0 bridgehead atoms. The molecule has 0 radical (unpaired) electrons. The minimum Gasteiger partial charge on any atom is -0.468 e. The van der Waals surface area contributed by atoms with Crippen LogP contribution in [-0.2, 0) is 27.2 Å². The Kier molecular flexibility index (Phi) is 6.42. The lowest BCUT2D eigenvalue weighted by atomic mass is 10.1. The standard InChI is InChI=1S/C15H19N3O3S/c1-20-9-8-18-13(10-12-6-4-3-5-7-12)16-17-15(18)22-11-14(19)21-2/h3-7H,8-11H2,1-2H3. The molecule has 0 spiro atoms. The van der Waals surface area contributed by atoms with E-state index in [1.54, 1.807) is 7.11 Å². The van der Waals surface area contributed by atoms with Gasteiger partial charge in [0.1, 0.15) is 5.82 Å². The molecule has 0 atom stereocenters. The summed E-state index contributed by atoms with van der Waals surface area (Å²) in [4.78, 5) is 11.3. The first kappa shape index (κ1) is 16.5.